The highest BCUT2D eigenvalue weighted by atomic mass is 16.5. The van der Waals surface area contributed by atoms with Crippen LogP contribution >= 0.6 is 0 Å². The molecular weight excluding hydrogens is 168 g/mol. The average molecular weight is 180 g/mol. The van der Waals surface area contributed by atoms with Crippen LogP contribution in [0.15, 0.2) is 24.3 Å². The van der Waals surface area contributed by atoms with Crippen LogP contribution in [0, 0.1) is 0 Å². The van der Waals surface area contributed by atoms with Gasteiger partial charge in [-0.15, -0.1) is 0 Å². The summed E-state index contributed by atoms with van der Waals surface area (Å²) in [7, 11) is 0. The molecule has 1 rings (SSSR count). The predicted octanol–water partition coefficient (Wildman–Crippen LogP) is 1.24. The predicted molar refractivity (Wildman–Crippen MR) is 47.8 cm³/mol. The number of ether oxygens (including phenoxy) is 1. The van der Waals surface area contributed by atoms with E-state index in [1.54, 1.807) is 6.07 Å². The Bertz CT molecular complexity index is 294. The summed E-state index contributed by atoms with van der Waals surface area (Å²) < 4.78 is 4.82. The third kappa shape index (κ3) is 2.87. The minimum atomic E-state index is -0.312. The normalized spacial score (nSPS) is 9.69. The molecule has 0 saturated heterocycles. The minimum absolute atomic E-state index is 0.0303. The molecule has 0 fully saturated rings. The van der Waals surface area contributed by atoms with Crippen molar-refractivity contribution in [3.8, 4) is 0 Å². The van der Waals surface area contributed by atoms with Gasteiger partial charge < -0.3 is 9.84 Å². The first kappa shape index (κ1) is 9.74. The molecule has 0 radical (unpaired) electrons. The van der Waals surface area contributed by atoms with E-state index in [1.807, 2.05) is 18.2 Å². The van der Waals surface area contributed by atoms with E-state index in [-0.39, 0.29) is 19.2 Å². The Morgan fingerprint density at radius 1 is 1.38 bits per heavy atom. The van der Waals surface area contributed by atoms with E-state index in [0.29, 0.717) is 0 Å². The van der Waals surface area contributed by atoms with Crippen molar-refractivity contribution >= 4 is 5.97 Å². The van der Waals surface area contributed by atoms with Crippen molar-refractivity contribution in [2.45, 2.75) is 20.1 Å². The van der Waals surface area contributed by atoms with Crippen molar-refractivity contribution in [3.05, 3.63) is 35.4 Å². The molecular formula is C10H12O3. The van der Waals surface area contributed by atoms with Crippen molar-refractivity contribution in [2.75, 3.05) is 0 Å². The second kappa shape index (κ2) is 4.62. The van der Waals surface area contributed by atoms with E-state index in [0.717, 1.165) is 11.1 Å². The molecule has 0 aromatic heterocycles. The largest absolute Gasteiger partial charge is 0.461 e. The molecule has 1 N–H and O–H groups in total. The molecule has 13 heavy (non-hydrogen) atoms. The van der Waals surface area contributed by atoms with Crippen molar-refractivity contribution in [2.24, 2.45) is 0 Å². The van der Waals surface area contributed by atoms with E-state index in [1.165, 1.54) is 6.92 Å². The number of aliphatic hydroxyl groups is 1. The van der Waals surface area contributed by atoms with Crippen LogP contribution in [0.5, 0.6) is 0 Å². The first-order chi connectivity index (χ1) is 6.24. The zero-order chi connectivity index (χ0) is 9.68. The molecule has 0 unspecified atom stereocenters. The fourth-order valence-corrected chi connectivity index (χ4v) is 1.03. The van der Waals surface area contributed by atoms with E-state index < -0.39 is 0 Å². The highest BCUT2D eigenvalue weighted by molar-refractivity contribution is 5.65. The quantitative estimate of drug-likeness (QED) is 0.712. The standard InChI is InChI=1S/C10H12O3/c1-8(12)13-7-10-5-3-2-4-9(10)6-11/h2-5,11H,6-7H2,1H3. The van der Waals surface area contributed by atoms with Gasteiger partial charge in [0.25, 0.3) is 0 Å². The Balaban J connectivity index is 2.69. The lowest BCUT2D eigenvalue weighted by Crippen LogP contribution is -2.01. The first-order valence-electron chi connectivity index (χ1n) is 4.05. The molecule has 0 amide bonds. The molecule has 0 aliphatic heterocycles. The summed E-state index contributed by atoms with van der Waals surface area (Å²) in [5, 5.41) is 8.94. The van der Waals surface area contributed by atoms with Crippen LogP contribution in [-0.4, -0.2) is 11.1 Å². The van der Waals surface area contributed by atoms with Gasteiger partial charge in [-0.25, -0.2) is 0 Å². The zero-order valence-electron chi connectivity index (χ0n) is 7.49. The Kier molecular flexibility index (Phi) is 3.46. The van der Waals surface area contributed by atoms with Crippen molar-refractivity contribution < 1.29 is 14.6 Å². The molecule has 1 aromatic carbocycles. The van der Waals surface area contributed by atoms with E-state index in [4.69, 9.17) is 9.84 Å². The number of hydrogen-bond donors (Lipinski definition) is 1. The molecule has 0 aliphatic rings. The molecule has 0 aliphatic carbocycles. The summed E-state index contributed by atoms with van der Waals surface area (Å²) in [5.41, 5.74) is 1.64. The maximum absolute atomic E-state index is 10.5. The van der Waals surface area contributed by atoms with Crippen LogP contribution in [0.25, 0.3) is 0 Å². The molecule has 0 bridgehead atoms. The van der Waals surface area contributed by atoms with Crippen molar-refractivity contribution in [1.82, 2.24) is 0 Å². The molecule has 3 heteroatoms. The smallest absolute Gasteiger partial charge is 0.302 e. The summed E-state index contributed by atoms with van der Waals surface area (Å²) in [6.07, 6.45) is 0. The molecule has 1 aromatic rings. The van der Waals surface area contributed by atoms with Gasteiger partial charge in [0.2, 0.25) is 0 Å². The van der Waals surface area contributed by atoms with E-state index in [2.05, 4.69) is 0 Å². The third-order valence-electron chi connectivity index (χ3n) is 1.72. The van der Waals surface area contributed by atoms with E-state index >= 15 is 0 Å². The highest BCUT2D eigenvalue weighted by Gasteiger charge is 2.01. The topological polar surface area (TPSA) is 46.5 Å². The SMILES string of the molecule is CC(=O)OCc1ccccc1CO. The lowest BCUT2D eigenvalue weighted by Gasteiger charge is -2.06. The van der Waals surface area contributed by atoms with Crippen LogP contribution in [0.3, 0.4) is 0 Å². The minimum Gasteiger partial charge on any atom is -0.461 e. The number of carbonyl (C=O) groups excluding carboxylic acids is 1. The van der Waals surface area contributed by atoms with Gasteiger partial charge in [-0.05, 0) is 11.1 Å². The molecule has 0 heterocycles. The molecule has 0 atom stereocenters. The van der Waals surface area contributed by atoms with Gasteiger partial charge in [0.05, 0.1) is 6.61 Å². The average Bonchev–Trinajstić information content (AvgIpc) is 2.15. The Hall–Kier alpha value is -1.35. The second-order valence-electron chi connectivity index (χ2n) is 2.71. The first-order valence-corrected chi connectivity index (χ1v) is 4.05. The summed E-state index contributed by atoms with van der Waals surface area (Å²) in [4.78, 5) is 10.5. The van der Waals surface area contributed by atoms with Crippen LogP contribution < -0.4 is 0 Å². The second-order valence-corrected chi connectivity index (χ2v) is 2.71. The molecule has 0 saturated carbocycles. The van der Waals surface area contributed by atoms with E-state index in [9.17, 15) is 4.79 Å². The van der Waals surface area contributed by atoms with Crippen molar-refractivity contribution in [1.29, 1.82) is 0 Å². The Morgan fingerprint density at radius 3 is 2.54 bits per heavy atom. The molecule has 70 valence electrons. The molecule has 3 nitrogen and oxygen atoms in total. The van der Waals surface area contributed by atoms with Gasteiger partial charge in [-0.2, -0.15) is 0 Å². The highest BCUT2D eigenvalue weighted by Crippen LogP contribution is 2.09. The van der Waals surface area contributed by atoms with Gasteiger partial charge in [0, 0.05) is 6.92 Å². The van der Waals surface area contributed by atoms with Gasteiger partial charge in [0.1, 0.15) is 6.61 Å². The maximum Gasteiger partial charge on any atom is 0.302 e. The number of hydrogen-bond acceptors (Lipinski definition) is 3. The lowest BCUT2D eigenvalue weighted by molar-refractivity contribution is -0.142. The molecule has 0 spiro atoms. The summed E-state index contributed by atoms with van der Waals surface area (Å²) in [5.74, 6) is -0.312. The zero-order valence-corrected chi connectivity index (χ0v) is 7.49. The number of carbonyl (C=O) groups is 1. The fraction of sp³-hybridized carbons (Fsp3) is 0.300. The van der Waals surface area contributed by atoms with Gasteiger partial charge >= 0.3 is 5.97 Å². The van der Waals surface area contributed by atoms with Crippen LogP contribution in [0.4, 0.5) is 0 Å². The monoisotopic (exact) mass is 180 g/mol. The number of benzene rings is 1. The summed E-state index contributed by atoms with van der Waals surface area (Å²) in [6, 6.07) is 7.31. The summed E-state index contributed by atoms with van der Waals surface area (Å²) in [6.45, 7) is 1.56. The van der Waals surface area contributed by atoms with Gasteiger partial charge in [-0.3, -0.25) is 4.79 Å². The van der Waals surface area contributed by atoms with Gasteiger partial charge in [-0.1, -0.05) is 24.3 Å². The van der Waals surface area contributed by atoms with Crippen molar-refractivity contribution in [3.63, 3.8) is 0 Å². The number of aliphatic hydroxyl groups excluding tert-OH is 1. The Morgan fingerprint density at radius 2 is 2.00 bits per heavy atom. The summed E-state index contributed by atoms with van der Waals surface area (Å²) >= 11 is 0. The van der Waals surface area contributed by atoms with Crippen LogP contribution in [0.2, 0.25) is 0 Å². The fourth-order valence-electron chi connectivity index (χ4n) is 1.03. The number of rotatable bonds is 3. The third-order valence-corrected chi connectivity index (χ3v) is 1.72. The maximum atomic E-state index is 10.5. The van der Waals surface area contributed by atoms with Crippen LogP contribution in [-0.2, 0) is 22.7 Å². The van der Waals surface area contributed by atoms with Crippen LogP contribution in [0.1, 0.15) is 18.1 Å². The lowest BCUT2D eigenvalue weighted by atomic mass is 10.1. The Labute approximate surface area is 77.0 Å². The van der Waals surface area contributed by atoms with Gasteiger partial charge in [0.15, 0.2) is 0 Å². The number of esters is 1.